The van der Waals surface area contributed by atoms with Crippen molar-refractivity contribution in [1.82, 2.24) is 30.0 Å². The van der Waals surface area contributed by atoms with Crippen molar-refractivity contribution in [1.29, 1.82) is 0 Å². The summed E-state index contributed by atoms with van der Waals surface area (Å²) < 4.78 is 56.6. The summed E-state index contributed by atoms with van der Waals surface area (Å²) in [6, 6.07) is 3.32. The highest BCUT2D eigenvalue weighted by Crippen LogP contribution is 2.38. The molecule has 0 saturated carbocycles. The van der Waals surface area contributed by atoms with Crippen molar-refractivity contribution >= 4 is 28.6 Å². The van der Waals surface area contributed by atoms with Crippen molar-refractivity contribution in [2.24, 2.45) is 0 Å². The number of morpholine rings is 1. The summed E-state index contributed by atoms with van der Waals surface area (Å²) in [6.45, 7) is 3.05. The van der Waals surface area contributed by atoms with E-state index >= 15 is 0 Å². The number of hydrogen-bond donors (Lipinski definition) is 2. The number of anilines is 2. The molecular weight excluding hydrogens is 495 g/mol. The fourth-order valence-electron chi connectivity index (χ4n) is 4.44. The van der Waals surface area contributed by atoms with Crippen LogP contribution in [0.15, 0.2) is 24.5 Å². The lowest BCUT2D eigenvalue weighted by Gasteiger charge is -2.34. The van der Waals surface area contributed by atoms with Crippen molar-refractivity contribution in [3.63, 3.8) is 0 Å². The second-order valence-electron chi connectivity index (χ2n) is 8.86. The summed E-state index contributed by atoms with van der Waals surface area (Å²) in [4.78, 5) is 22.1. The van der Waals surface area contributed by atoms with Crippen LogP contribution >= 0.6 is 0 Å². The third kappa shape index (κ3) is 5.31. The molecule has 2 N–H and O–H groups in total. The van der Waals surface area contributed by atoms with Crippen LogP contribution in [-0.2, 0) is 27.2 Å². The van der Waals surface area contributed by atoms with E-state index in [9.17, 15) is 18.0 Å². The molecule has 198 valence electrons. The van der Waals surface area contributed by atoms with Gasteiger partial charge in [0.1, 0.15) is 5.75 Å². The molecule has 2 atom stereocenters. The second kappa shape index (κ2) is 10.1. The normalized spacial score (nSPS) is 20.5. The molecule has 1 saturated heterocycles. The molecule has 1 unspecified atom stereocenters. The number of alkyl halides is 3. The average Bonchev–Trinajstić information content (AvgIpc) is 3.27. The van der Waals surface area contributed by atoms with Crippen molar-refractivity contribution in [3.05, 3.63) is 35.7 Å². The highest BCUT2D eigenvalue weighted by atomic mass is 19.4. The number of nitrogens with one attached hydrogen (secondary N) is 2. The largest absolute Gasteiger partial charge is 0.495 e. The number of halogens is 3. The zero-order chi connectivity index (χ0) is 26.2. The van der Waals surface area contributed by atoms with Crippen LogP contribution in [0.2, 0.25) is 0 Å². The Morgan fingerprint density at radius 1 is 1.32 bits per heavy atom. The minimum atomic E-state index is -5.10. The molecular formula is C23H26F3N7O4. The van der Waals surface area contributed by atoms with Crippen molar-refractivity contribution < 1.29 is 32.2 Å². The highest BCUT2D eigenvalue weighted by Gasteiger charge is 2.44. The second-order valence-corrected chi connectivity index (χ2v) is 8.86. The SMILES string of the molecule is COc1cc2c(cc1Nc1ncc3cnn(CC4CNCCO4)c3n1)[C@@H](OC(=O)C(F)(F)F)N(C)CC2. The van der Waals surface area contributed by atoms with Gasteiger partial charge in [-0.1, -0.05) is 0 Å². The summed E-state index contributed by atoms with van der Waals surface area (Å²) in [6.07, 6.45) is -2.51. The molecule has 1 aromatic carbocycles. The first kappa shape index (κ1) is 25.2. The summed E-state index contributed by atoms with van der Waals surface area (Å²) in [5.74, 6) is -1.56. The Morgan fingerprint density at radius 3 is 2.89 bits per heavy atom. The lowest BCUT2D eigenvalue weighted by molar-refractivity contribution is -0.213. The number of likely N-dealkylation sites (N-methyl/N-ethyl adjacent to an activating group) is 1. The zero-order valence-electron chi connectivity index (χ0n) is 20.2. The fraction of sp³-hybridized carbons (Fsp3) is 0.478. The van der Waals surface area contributed by atoms with E-state index in [-0.39, 0.29) is 12.1 Å². The third-order valence-electron chi connectivity index (χ3n) is 6.32. The Labute approximate surface area is 209 Å². The maximum Gasteiger partial charge on any atom is 0.490 e. The maximum absolute atomic E-state index is 12.9. The van der Waals surface area contributed by atoms with E-state index in [0.29, 0.717) is 55.3 Å². The number of ether oxygens (including phenoxy) is 3. The zero-order valence-corrected chi connectivity index (χ0v) is 20.2. The van der Waals surface area contributed by atoms with Gasteiger partial charge in [0.25, 0.3) is 0 Å². The quantitative estimate of drug-likeness (QED) is 0.468. The van der Waals surface area contributed by atoms with Gasteiger partial charge in [-0.25, -0.2) is 14.5 Å². The molecule has 2 aliphatic rings. The van der Waals surface area contributed by atoms with E-state index in [0.717, 1.165) is 17.5 Å². The van der Waals surface area contributed by atoms with E-state index in [4.69, 9.17) is 14.2 Å². The molecule has 0 radical (unpaired) electrons. The first-order chi connectivity index (χ1) is 17.7. The van der Waals surface area contributed by atoms with Crippen LogP contribution in [0.4, 0.5) is 24.8 Å². The predicted molar refractivity (Wildman–Crippen MR) is 125 cm³/mol. The van der Waals surface area contributed by atoms with E-state index in [2.05, 4.69) is 25.7 Å². The van der Waals surface area contributed by atoms with Crippen LogP contribution in [0.3, 0.4) is 0 Å². The lowest BCUT2D eigenvalue weighted by Crippen LogP contribution is -2.40. The number of nitrogens with zero attached hydrogens (tertiary/aromatic N) is 5. The van der Waals surface area contributed by atoms with Crippen LogP contribution in [0.5, 0.6) is 5.75 Å². The van der Waals surface area contributed by atoms with E-state index < -0.39 is 18.4 Å². The van der Waals surface area contributed by atoms with Gasteiger partial charge in [-0.2, -0.15) is 23.3 Å². The van der Waals surface area contributed by atoms with Gasteiger partial charge in [-0.05, 0) is 31.2 Å². The van der Waals surface area contributed by atoms with Crippen LogP contribution < -0.4 is 15.4 Å². The maximum atomic E-state index is 12.9. The number of fused-ring (bicyclic) bond motifs is 2. The first-order valence-electron chi connectivity index (χ1n) is 11.7. The third-order valence-corrected chi connectivity index (χ3v) is 6.32. The van der Waals surface area contributed by atoms with E-state index in [1.165, 1.54) is 7.11 Å². The van der Waals surface area contributed by atoms with Crippen molar-refractivity contribution in [2.75, 3.05) is 45.7 Å². The Kier molecular flexibility index (Phi) is 6.88. The van der Waals surface area contributed by atoms with Gasteiger partial charge in [0, 0.05) is 31.4 Å². The number of carbonyl (C=O) groups is 1. The Balaban J connectivity index is 1.44. The van der Waals surface area contributed by atoms with Gasteiger partial charge in [-0.3, -0.25) is 4.90 Å². The molecule has 14 heteroatoms. The minimum Gasteiger partial charge on any atom is -0.495 e. The summed E-state index contributed by atoms with van der Waals surface area (Å²) in [5, 5.41) is 11.5. The fourth-order valence-corrected chi connectivity index (χ4v) is 4.44. The lowest BCUT2D eigenvalue weighted by atomic mass is 9.97. The van der Waals surface area contributed by atoms with Crippen LogP contribution in [-0.4, -0.2) is 83.3 Å². The van der Waals surface area contributed by atoms with Gasteiger partial charge >= 0.3 is 12.1 Å². The Hall–Kier alpha value is -3.49. The minimum absolute atomic E-state index is 0.0442. The van der Waals surface area contributed by atoms with Gasteiger partial charge in [0.15, 0.2) is 11.9 Å². The van der Waals surface area contributed by atoms with Gasteiger partial charge in [0.05, 0.1) is 43.6 Å². The first-order valence-corrected chi connectivity index (χ1v) is 11.7. The molecule has 11 nitrogen and oxygen atoms in total. The average molecular weight is 522 g/mol. The van der Waals surface area contributed by atoms with E-state index in [1.54, 1.807) is 41.2 Å². The van der Waals surface area contributed by atoms with Crippen LogP contribution in [0, 0.1) is 0 Å². The molecule has 4 heterocycles. The molecule has 2 aromatic heterocycles. The van der Waals surface area contributed by atoms with Gasteiger partial charge in [-0.15, -0.1) is 0 Å². The topological polar surface area (TPSA) is 116 Å². The van der Waals surface area contributed by atoms with Crippen molar-refractivity contribution in [3.8, 4) is 5.75 Å². The predicted octanol–water partition coefficient (Wildman–Crippen LogP) is 2.16. The van der Waals surface area contributed by atoms with Crippen LogP contribution in [0.25, 0.3) is 11.0 Å². The smallest absolute Gasteiger partial charge is 0.490 e. The number of aromatic nitrogens is 4. The number of hydrogen-bond acceptors (Lipinski definition) is 10. The van der Waals surface area contributed by atoms with Gasteiger partial charge < -0.3 is 24.8 Å². The molecule has 2 aliphatic heterocycles. The summed E-state index contributed by atoms with van der Waals surface area (Å²) in [7, 11) is 3.08. The molecule has 1 fully saturated rings. The van der Waals surface area contributed by atoms with Gasteiger partial charge in [0.2, 0.25) is 5.95 Å². The molecule has 0 aliphatic carbocycles. The molecule has 0 bridgehead atoms. The number of methoxy groups -OCH3 is 1. The standard InChI is InChI=1S/C23H26F3N7O4/c1-32-5-3-13-7-18(35-2)17(8-16(13)20(32)37-21(34)23(24,25)26)30-22-28-9-14-10-29-33(19(14)31-22)12-15-11-27-4-6-36-15/h7-10,15,20,27H,3-6,11-12H2,1-2H3,(H,28,30,31)/t15?,20-/m1/s1. The molecule has 37 heavy (non-hydrogen) atoms. The van der Waals surface area contributed by atoms with E-state index in [1.807, 2.05) is 0 Å². The highest BCUT2D eigenvalue weighted by molar-refractivity contribution is 5.77. The molecule has 0 spiro atoms. The summed E-state index contributed by atoms with van der Waals surface area (Å²) in [5.41, 5.74) is 2.15. The monoisotopic (exact) mass is 521 g/mol. The number of rotatable bonds is 6. The summed E-state index contributed by atoms with van der Waals surface area (Å²) >= 11 is 0. The number of esters is 1. The number of benzene rings is 1. The van der Waals surface area contributed by atoms with Crippen molar-refractivity contribution in [2.45, 2.75) is 31.5 Å². The molecule has 0 amide bonds. The Bertz CT molecular complexity index is 1290. The number of carbonyl (C=O) groups excluding carboxylic acids is 1. The molecule has 3 aromatic rings. The molecule has 5 rings (SSSR count). The van der Waals surface area contributed by atoms with Crippen LogP contribution in [0.1, 0.15) is 17.4 Å². The Morgan fingerprint density at radius 2 is 2.16 bits per heavy atom.